The molecule has 0 amide bonds. The van der Waals surface area contributed by atoms with E-state index in [2.05, 4.69) is 0 Å². The Kier molecular flexibility index (Phi) is 4.26. The number of rotatable bonds is 3. The highest BCUT2D eigenvalue weighted by Crippen LogP contribution is 2.43. The van der Waals surface area contributed by atoms with E-state index in [0.717, 1.165) is 21.7 Å². The van der Waals surface area contributed by atoms with E-state index in [9.17, 15) is 14.4 Å². The molecule has 0 spiro atoms. The van der Waals surface area contributed by atoms with Crippen LogP contribution in [0.15, 0.2) is 40.5 Å². The third kappa shape index (κ3) is 2.87. The van der Waals surface area contributed by atoms with Crippen molar-refractivity contribution in [1.82, 2.24) is 0 Å². The maximum Gasteiger partial charge on any atom is 0.308 e. The average Bonchev–Trinajstić information content (AvgIpc) is 2.99. The van der Waals surface area contributed by atoms with Gasteiger partial charge in [-0.25, -0.2) is 0 Å². The summed E-state index contributed by atoms with van der Waals surface area (Å²) in [5, 5.41) is 2.30. The minimum absolute atomic E-state index is 0.235. The molecular weight excluding hydrogens is 360 g/mol. The Hall–Kier alpha value is -3.41. The summed E-state index contributed by atoms with van der Waals surface area (Å²) in [7, 11) is 0. The quantitative estimate of drug-likeness (QED) is 0.499. The molecule has 0 saturated carbocycles. The van der Waals surface area contributed by atoms with Crippen molar-refractivity contribution in [2.24, 2.45) is 0 Å². The molecule has 1 heterocycles. The van der Waals surface area contributed by atoms with Gasteiger partial charge in [0.2, 0.25) is 0 Å². The van der Waals surface area contributed by atoms with Gasteiger partial charge in [-0.05, 0) is 19.4 Å². The highest BCUT2D eigenvalue weighted by molar-refractivity contribution is 6.22. The Labute approximate surface area is 160 Å². The first-order valence-electron chi connectivity index (χ1n) is 8.95. The molecule has 0 aliphatic heterocycles. The number of hydrogen-bond donors (Lipinski definition) is 0. The number of furan rings is 1. The predicted molar refractivity (Wildman–Crippen MR) is 103 cm³/mol. The molecule has 28 heavy (non-hydrogen) atoms. The summed E-state index contributed by atoms with van der Waals surface area (Å²) in [4.78, 5) is 35.3. The number of aryl methyl sites for hydroxylation is 1. The van der Waals surface area contributed by atoms with E-state index < -0.39 is 11.9 Å². The van der Waals surface area contributed by atoms with Crippen molar-refractivity contribution in [3.8, 4) is 5.75 Å². The summed E-state index contributed by atoms with van der Waals surface area (Å²) in [6, 6.07) is 9.22. The molecule has 1 aromatic heterocycles. The summed E-state index contributed by atoms with van der Waals surface area (Å²) in [5.74, 6) is 0.0598. The molecule has 1 aliphatic rings. The van der Waals surface area contributed by atoms with E-state index in [0.29, 0.717) is 35.7 Å². The van der Waals surface area contributed by atoms with Gasteiger partial charge in [0.25, 0.3) is 0 Å². The Morgan fingerprint density at radius 3 is 2.21 bits per heavy atom. The molecule has 2 aromatic carbocycles. The summed E-state index contributed by atoms with van der Waals surface area (Å²) in [6.45, 7) is 4.08. The van der Waals surface area contributed by atoms with Crippen LogP contribution in [0.1, 0.15) is 38.5 Å². The fourth-order valence-electron chi connectivity index (χ4n) is 3.75. The van der Waals surface area contributed by atoms with Crippen molar-refractivity contribution >= 4 is 45.0 Å². The fourth-order valence-corrected chi connectivity index (χ4v) is 3.75. The zero-order chi connectivity index (χ0) is 20.0. The van der Waals surface area contributed by atoms with Crippen LogP contribution in [0.4, 0.5) is 0 Å². The van der Waals surface area contributed by atoms with Crippen molar-refractivity contribution in [3.63, 3.8) is 0 Å². The molecule has 0 bridgehead atoms. The van der Waals surface area contributed by atoms with E-state index >= 15 is 0 Å². The lowest BCUT2D eigenvalue weighted by atomic mass is 9.91. The normalized spacial score (nSPS) is 13.5. The van der Waals surface area contributed by atoms with E-state index in [1.165, 1.54) is 20.8 Å². The van der Waals surface area contributed by atoms with Gasteiger partial charge in [-0.2, -0.15) is 0 Å². The number of ketones is 1. The molecule has 6 nitrogen and oxygen atoms in total. The molecule has 4 rings (SSSR count). The molecule has 0 saturated heterocycles. The molecule has 0 N–H and O–H groups in total. The molecule has 3 aromatic rings. The Bertz CT molecular complexity index is 1190. The third-order valence-electron chi connectivity index (χ3n) is 4.74. The van der Waals surface area contributed by atoms with Crippen LogP contribution in [0.3, 0.4) is 0 Å². The van der Waals surface area contributed by atoms with E-state index in [-0.39, 0.29) is 11.4 Å². The number of benzene rings is 2. The maximum absolute atomic E-state index is 12.3. The summed E-state index contributed by atoms with van der Waals surface area (Å²) < 4.78 is 16.8. The van der Waals surface area contributed by atoms with Crippen LogP contribution in [0.2, 0.25) is 0 Å². The summed E-state index contributed by atoms with van der Waals surface area (Å²) in [5.41, 5.74) is 1.74. The third-order valence-corrected chi connectivity index (χ3v) is 4.74. The monoisotopic (exact) mass is 378 g/mol. The second kappa shape index (κ2) is 6.64. The van der Waals surface area contributed by atoms with Crippen LogP contribution in [-0.4, -0.2) is 17.7 Å². The van der Waals surface area contributed by atoms with Gasteiger partial charge in [0.1, 0.15) is 22.9 Å². The van der Waals surface area contributed by atoms with Gasteiger partial charge in [0.05, 0.1) is 5.57 Å². The molecular formula is C22H18O6. The van der Waals surface area contributed by atoms with Gasteiger partial charge < -0.3 is 13.9 Å². The smallest absolute Gasteiger partial charge is 0.308 e. The lowest BCUT2D eigenvalue weighted by Crippen LogP contribution is -2.12. The van der Waals surface area contributed by atoms with Crippen molar-refractivity contribution in [2.75, 3.05) is 0 Å². The lowest BCUT2D eigenvalue weighted by molar-refractivity contribution is -0.137. The zero-order valence-corrected chi connectivity index (χ0v) is 15.8. The number of fused-ring (bicyclic) bond motifs is 5. The SMILES string of the molecule is CC(=O)OC1=C(C(C)=O)c2oc3c(cc(OC(C)=O)c4ccccc43)c2CC1. The number of carbonyl (C=O) groups excluding carboxylic acids is 3. The minimum atomic E-state index is -0.476. The van der Waals surface area contributed by atoms with Gasteiger partial charge in [0.15, 0.2) is 5.78 Å². The van der Waals surface area contributed by atoms with Crippen molar-refractivity contribution in [1.29, 1.82) is 0 Å². The first-order chi connectivity index (χ1) is 13.4. The largest absolute Gasteiger partial charge is 0.455 e. The number of Topliss-reactive ketones (excluding diaryl/α,β-unsaturated/α-hetero) is 1. The zero-order valence-electron chi connectivity index (χ0n) is 15.8. The molecule has 0 fully saturated rings. The van der Waals surface area contributed by atoms with E-state index in [1.54, 1.807) is 6.07 Å². The molecule has 0 unspecified atom stereocenters. The standard InChI is InChI=1S/C22H18O6/c1-11(23)20-18(26-12(2)24)9-8-16-17-10-19(27-13(3)25)14-6-4-5-7-15(14)21(17)28-22(16)20/h4-7,10H,8-9H2,1-3H3. The highest BCUT2D eigenvalue weighted by atomic mass is 16.5. The van der Waals surface area contributed by atoms with Crippen molar-refractivity contribution in [2.45, 2.75) is 33.6 Å². The fraction of sp³-hybridized carbons (Fsp3) is 0.227. The minimum Gasteiger partial charge on any atom is -0.455 e. The first kappa shape index (κ1) is 18.0. The topological polar surface area (TPSA) is 82.8 Å². The van der Waals surface area contributed by atoms with Crippen LogP contribution in [-0.2, 0) is 25.5 Å². The summed E-state index contributed by atoms with van der Waals surface area (Å²) in [6.07, 6.45) is 0.950. The molecule has 0 radical (unpaired) electrons. The second-order valence-corrected chi connectivity index (χ2v) is 6.75. The highest BCUT2D eigenvalue weighted by Gasteiger charge is 2.31. The number of carbonyl (C=O) groups is 3. The van der Waals surface area contributed by atoms with Crippen LogP contribution < -0.4 is 4.74 Å². The molecule has 1 aliphatic carbocycles. The maximum atomic E-state index is 12.3. The van der Waals surface area contributed by atoms with Gasteiger partial charge in [-0.1, -0.05) is 24.3 Å². The number of ether oxygens (including phenoxy) is 2. The predicted octanol–water partition coefficient (Wildman–Crippen LogP) is 4.32. The number of esters is 2. The van der Waals surface area contributed by atoms with Gasteiger partial charge >= 0.3 is 11.9 Å². The van der Waals surface area contributed by atoms with E-state index in [1.807, 2.05) is 24.3 Å². The van der Waals surface area contributed by atoms with E-state index in [4.69, 9.17) is 13.9 Å². The van der Waals surface area contributed by atoms with Crippen LogP contribution in [0.25, 0.3) is 27.3 Å². The van der Waals surface area contributed by atoms with Crippen LogP contribution in [0.5, 0.6) is 5.75 Å². The van der Waals surface area contributed by atoms with Crippen LogP contribution >= 0.6 is 0 Å². The van der Waals surface area contributed by atoms with Gasteiger partial charge in [-0.3, -0.25) is 14.4 Å². The Balaban J connectivity index is 2.04. The van der Waals surface area contributed by atoms with Crippen molar-refractivity contribution < 1.29 is 28.3 Å². The number of allylic oxidation sites excluding steroid dienone is 2. The Morgan fingerprint density at radius 2 is 1.57 bits per heavy atom. The Morgan fingerprint density at radius 1 is 0.893 bits per heavy atom. The molecule has 0 atom stereocenters. The second-order valence-electron chi connectivity index (χ2n) is 6.75. The van der Waals surface area contributed by atoms with Crippen molar-refractivity contribution in [3.05, 3.63) is 47.4 Å². The molecule has 6 heteroatoms. The van der Waals surface area contributed by atoms with Gasteiger partial charge in [-0.15, -0.1) is 0 Å². The van der Waals surface area contributed by atoms with Gasteiger partial charge in [0, 0.05) is 42.0 Å². The van der Waals surface area contributed by atoms with Crippen LogP contribution in [0, 0.1) is 0 Å². The average molecular weight is 378 g/mol. The first-order valence-corrected chi connectivity index (χ1v) is 8.95. The molecule has 142 valence electrons. The number of hydrogen-bond acceptors (Lipinski definition) is 6. The summed E-state index contributed by atoms with van der Waals surface area (Å²) >= 11 is 0. The lowest BCUT2D eigenvalue weighted by Gasteiger charge is -2.17.